The van der Waals surface area contributed by atoms with Crippen LogP contribution in [0.4, 0.5) is 5.69 Å². The van der Waals surface area contributed by atoms with Gasteiger partial charge in [-0.25, -0.2) is 4.79 Å². The maximum Gasteiger partial charge on any atom is 0.338 e. The van der Waals surface area contributed by atoms with E-state index in [1.54, 1.807) is 19.1 Å². The number of esters is 1. The van der Waals surface area contributed by atoms with Gasteiger partial charge in [0.2, 0.25) is 5.91 Å². The molecule has 0 aromatic heterocycles. The molecule has 2 rings (SSSR count). The summed E-state index contributed by atoms with van der Waals surface area (Å²) in [6.45, 7) is 8.57. The fourth-order valence-electron chi connectivity index (χ4n) is 3.01. The van der Waals surface area contributed by atoms with E-state index < -0.39 is 17.6 Å². The van der Waals surface area contributed by atoms with Gasteiger partial charge >= 0.3 is 5.97 Å². The Labute approximate surface area is 160 Å². The number of nitrogens with two attached hydrogens (primary N) is 1. The monoisotopic (exact) mass is 375 g/mol. The highest BCUT2D eigenvalue weighted by atomic mass is 16.5. The Bertz CT molecular complexity index is 694. The number of carbonyl (C=O) groups excluding carboxylic acids is 3. The van der Waals surface area contributed by atoms with Gasteiger partial charge < -0.3 is 20.7 Å². The smallest absolute Gasteiger partial charge is 0.338 e. The van der Waals surface area contributed by atoms with Gasteiger partial charge in [0, 0.05) is 24.3 Å². The third kappa shape index (κ3) is 5.98. The summed E-state index contributed by atoms with van der Waals surface area (Å²) in [4.78, 5) is 37.8. The van der Waals surface area contributed by atoms with Gasteiger partial charge in [0.25, 0.3) is 5.91 Å². The molecule has 148 valence electrons. The average Bonchev–Trinajstić information content (AvgIpc) is 2.60. The summed E-state index contributed by atoms with van der Waals surface area (Å²) in [5.74, 6) is -1.31. The van der Waals surface area contributed by atoms with Crippen molar-refractivity contribution in [2.24, 2.45) is 11.7 Å². The molecule has 1 aromatic rings. The van der Waals surface area contributed by atoms with Crippen LogP contribution in [0.15, 0.2) is 24.3 Å². The molecule has 0 aliphatic carbocycles. The predicted molar refractivity (Wildman–Crippen MR) is 103 cm³/mol. The zero-order valence-electron chi connectivity index (χ0n) is 16.5. The van der Waals surface area contributed by atoms with Crippen LogP contribution in [0.5, 0.6) is 0 Å². The Morgan fingerprint density at radius 3 is 2.41 bits per heavy atom. The van der Waals surface area contributed by atoms with E-state index in [9.17, 15) is 14.4 Å². The Morgan fingerprint density at radius 2 is 1.85 bits per heavy atom. The number of nitrogens with one attached hydrogen (secondary N) is 1. The van der Waals surface area contributed by atoms with E-state index >= 15 is 0 Å². The number of hydrogen-bond donors (Lipinski definition) is 2. The predicted octanol–water partition coefficient (Wildman–Crippen LogP) is 1.85. The van der Waals surface area contributed by atoms with E-state index in [0.717, 1.165) is 25.1 Å². The van der Waals surface area contributed by atoms with Gasteiger partial charge in [-0.05, 0) is 64.8 Å². The first-order valence-electron chi connectivity index (χ1n) is 9.24. The Balaban J connectivity index is 1.97. The van der Waals surface area contributed by atoms with Crippen molar-refractivity contribution in [3.8, 4) is 0 Å². The fraction of sp³-hybridized carbons (Fsp3) is 0.550. The largest absolute Gasteiger partial charge is 0.449 e. The molecule has 27 heavy (non-hydrogen) atoms. The quantitative estimate of drug-likeness (QED) is 0.765. The van der Waals surface area contributed by atoms with Crippen LogP contribution in [0.1, 0.15) is 50.9 Å². The second kappa shape index (κ2) is 8.41. The van der Waals surface area contributed by atoms with Crippen LogP contribution in [0.25, 0.3) is 0 Å². The van der Waals surface area contributed by atoms with E-state index in [-0.39, 0.29) is 17.7 Å². The van der Waals surface area contributed by atoms with Crippen LogP contribution in [0, 0.1) is 5.92 Å². The maximum absolute atomic E-state index is 12.3. The highest BCUT2D eigenvalue weighted by Crippen LogP contribution is 2.23. The number of ether oxygens (including phenoxy) is 1. The van der Waals surface area contributed by atoms with Crippen LogP contribution in [-0.4, -0.2) is 42.5 Å². The first kappa shape index (κ1) is 20.7. The lowest BCUT2D eigenvalue weighted by molar-refractivity contribution is -0.130. The SMILES string of the molecule is C[C@@H](OC(=O)c1ccc(N2CCC[C@@H](C(N)=O)C2)cc1)C(=O)NC(C)(C)C. The van der Waals surface area contributed by atoms with Gasteiger partial charge in [-0.15, -0.1) is 0 Å². The molecular weight excluding hydrogens is 346 g/mol. The number of nitrogens with zero attached hydrogens (tertiary/aromatic N) is 1. The number of primary amides is 1. The Hall–Kier alpha value is -2.57. The molecule has 0 spiro atoms. The van der Waals surface area contributed by atoms with Gasteiger partial charge in [0.15, 0.2) is 6.10 Å². The van der Waals surface area contributed by atoms with Crippen molar-refractivity contribution >= 4 is 23.5 Å². The van der Waals surface area contributed by atoms with Crippen molar-refractivity contribution in [1.29, 1.82) is 0 Å². The Kier molecular flexibility index (Phi) is 6.46. The lowest BCUT2D eigenvalue weighted by Crippen LogP contribution is -2.46. The normalized spacial score (nSPS) is 18.5. The average molecular weight is 375 g/mol. The molecule has 1 saturated heterocycles. The standard InChI is InChI=1S/C20H29N3O4/c1-13(18(25)22-20(2,3)4)27-19(26)14-7-9-16(10-8-14)23-11-5-6-15(12-23)17(21)24/h7-10,13,15H,5-6,11-12H2,1-4H3,(H2,21,24)(H,22,25)/t13-,15-/m1/s1. The molecule has 7 nitrogen and oxygen atoms in total. The molecule has 0 radical (unpaired) electrons. The Morgan fingerprint density at radius 1 is 1.22 bits per heavy atom. The first-order chi connectivity index (χ1) is 12.6. The summed E-state index contributed by atoms with van der Waals surface area (Å²) < 4.78 is 5.25. The molecule has 7 heteroatoms. The summed E-state index contributed by atoms with van der Waals surface area (Å²) in [5, 5.41) is 2.78. The summed E-state index contributed by atoms with van der Waals surface area (Å²) >= 11 is 0. The molecule has 2 atom stereocenters. The molecule has 0 unspecified atom stereocenters. The molecular formula is C20H29N3O4. The first-order valence-corrected chi connectivity index (χ1v) is 9.24. The highest BCUT2D eigenvalue weighted by Gasteiger charge is 2.25. The molecule has 0 saturated carbocycles. The van der Waals surface area contributed by atoms with E-state index in [1.807, 2.05) is 32.9 Å². The minimum Gasteiger partial charge on any atom is -0.449 e. The molecule has 1 aromatic carbocycles. The number of amides is 2. The van der Waals surface area contributed by atoms with Crippen molar-refractivity contribution in [2.75, 3.05) is 18.0 Å². The van der Waals surface area contributed by atoms with Crippen molar-refractivity contribution < 1.29 is 19.1 Å². The number of rotatable bonds is 5. The van der Waals surface area contributed by atoms with E-state index in [1.165, 1.54) is 0 Å². The molecule has 2 amide bonds. The van der Waals surface area contributed by atoms with Gasteiger partial charge in [-0.3, -0.25) is 9.59 Å². The van der Waals surface area contributed by atoms with Crippen molar-refractivity contribution in [3.63, 3.8) is 0 Å². The zero-order valence-corrected chi connectivity index (χ0v) is 16.5. The topological polar surface area (TPSA) is 102 Å². The van der Waals surface area contributed by atoms with Crippen LogP contribution < -0.4 is 16.0 Å². The zero-order chi connectivity index (χ0) is 20.2. The summed E-state index contributed by atoms with van der Waals surface area (Å²) in [5.41, 5.74) is 6.33. The van der Waals surface area contributed by atoms with Crippen LogP contribution in [-0.2, 0) is 14.3 Å². The lowest BCUT2D eigenvalue weighted by Gasteiger charge is -2.33. The minimum absolute atomic E-state index is 0.148. The second-order valence-corrected chi connectivity index (χ2v) is 8.02. The molecule has 0 bridgehead atoms. The third-order valence-corrected chi connectivity index (χ3v) is 4.44. The van der Waals surface area contributed by atoms with E-state index in [0.29, 0.717) is 12.1 Å². The van der Waals surface area contributed by atoms with Gasteiger partial charge in [-0.1, -0.05) is 0 Å². The summed E-state index contributed by atoms with van der Waals surface area (Å²) in [6, 6.07) is 6.97. The number of anilines is 1. The van der Waals surface area contributed by atoms with E-state index in [2.05, 4.69) is 10.2 Å². The number of piperidine rings is 1. The van der Waals surface area contributed by atoms with Crippen molar-refractivity contribution in [2.45, 2.75) is 52.2 Å². The van der Waals surface area contributed by atoms with Crippen LogP contribution in [0.3, 0.4) is 0 Å². The highest BCUT2D eigenvalue weighted by molar-refractivity contribution is 5.92. The van der Waals surface area contributed by atoms with Crippen LogP contribution >= 0.6 is 0 Å². The molecule has 1 heterocycles. The van der Waals surface area contributed by atoms with Gasteiger partial charge in [-0.2, -0.15) is 0 Å². The van der Waals surface area contributed by atoms with Crippen LogP contribution in [0.2, 0.25) is 0 Å². The van der Waals surface area contributed by atoms with Gasteiger partial charge in [0.05, 0.1) is 11.5 Å². The lowest BCUT2D eigenvalue weighted by atomic mass is 9.97. The fourth-order valence-corrected chi connectivity index (χ4v) is 3.01. The van der Waals surface area contributed by atoms with Crippen molar-refractivity contribution in [1.82, 2.24) is 5.32 Å². The van der Waals surface area contributed by atoms with Gasteiger partial charge in [0.1, 0.15) is 0 Å². The summed E-state index contributed by atoms with van der Waals surface area (Å²) in [7, 11) is 0. The molecule has 1 aliphatic heterocycles. The minimum atomic E-state index is -0.880. The van der Waals surface area contributed by atoms with E-state index in [4.69, 9.17) is 10.5 Å². The third-order valence-electron chi connectivity index (χ3n) is 4.44. The number of benzene rings is 1. The maximum atomic E-state index is 12.3. The number of hydrogen-bond acceptors (Lipinski definition) is 5. The number of carbonyl (C=O) groups is 3. The van der Waals surface area contributed by atoms with Crippen molar-refractivity contribution in [3.05, 3.63) is 29.8 Å². The molecule has 1 aliphatic rings. The summed E-state index contributed by atoms with van der Waals surface area (Å²) in [6.07, 6.45) is 0.831. The second-order valence-electron chi connectivity index (χ2n) is 8.02. The molecule has 3 N–H and O–H groups in total. The molecule has 1 fully saturated rings.